The Morgan fingerprint density at radius 2 is 2.50 bits per heavy atom. The number of amides is 1. The van der Waals surface area contributed by atoms with Gasteiger partial charge < -0.3 is 15.6 Å². The molecule has 88 valence electrons. The Morgan fingerprint density at radius 1 is 1.69 bits per heavy atom. The van der Waals surface area contributed by atoms with Gasteiger partial charge in [-0.3, -0.25) is 4.79 Å². The average molecular weight is 221 g/mol. The maximum atomic E-state index is 11.5. The van der Waals surface area contributed by atoms with Crippen LogP contribution in [0.4, 0.5) is 0 Å². The number of rotatable bonds is 3. The number of nitrogens with one attached hydrogen (secondary N) is 1. The van der Waals surface area contributed by atoms with Gasteiger partial charge in [0.15, 0.2) is 0 Å². The van der Waals surface area contributed by atoms with Crippen molar-refractivity contribution in [3.8, 4) is 0 Å². The number of aromatic nitrogens is 1. The molecule has 1 aromatic heterocycles. The van der Waals surface area contributed by atoms with Crippen molar-refractivity contribution in [1.29, 1.82) is 0 Å². The summed E-state index contributed by atoms with van der Waals surface area (Å²) in [6.07, 6.45) is 5.19. The van der Waals surface area contributed by atoms with Gasteiger partial charge in [0.05, 0.1) is 0 Å². The minimum Gasteiger partial charge on any atom is -0.355 e. The molecule has 0 spiro atoms. The highest BCUT2D eigenvalue weighted by Gasteiger charge is 2.20. The lowest BCUT2D eigenvalue weighted by Crippen LogP contribution is -2.28. The lowest BCUT2D eigenvalue weighted by molar-refractivity contribution is -0.121. The molecular weight excluding hydrogens is 202 g/mol. The minimum atomic E-state index is 0.0695. The first-order valence-electron chi connectivity index (χ1n) is 5.92. The number of hydrogen-bond acceptors (Lipinski definition) is 2. The van der Waals surface area contributed by atoms with Gasteiger partial charge in [0, 0.05) is 24.5 Å². The first-order chi connectivity index (χ1) is 7.72. The van der Waals surface area contributed by atoms with Gasteiger partial charge in [-0.05, 0) is 37.8 Å². The Hall–Kier alpha value is -1.29. The summed E-state index contributed by atoms with van der Waals surface area (Å²) in [7, 11) is 0. The van der Waals surface area contributed by atoms with E-state index in [1.54, 1.807) is 0 Å². The van der Waals surface area contributed by atoms with Crippen LogP contribution in [0.5, 0.6) is 0 Å². The molecule has 1 atom stereocenters. The summed E-state index contributed by atoms with van der Waals surface area (Å²) < 4.78 is 2.03. The second kappa shape index (κ2) is 4.70. The van der Waals surface area contributed by atoms with Crippen molar-refractivity contribution in [2.75, 3.05) is 6.54 Å². The molecule has 1 amide bonds. The van der Waals surface area contributed by atoms with Crippen LogP contribution in [0.1, 0.15) is 37.1 Å². The SMILES string of the molecule is CCNC(=O)Cn1ccc2c1CCCC2N. The molecule has 1 aromatic rings. The Labute approximate surface area is 95.8 Å². The van der Waals surface area contributed by atoms with Crippen molar-refractivity contribution in [2.24, 2.45) is 5.73 Å². The number of hydrogen-bond donors (Lipinski definition) is 2. The normalized spacial score (nSPS) is 19.2. The van der Waals surface area contributed by atoms with Crippen molar-refractivity contribution >= 4 is 5.91 Å². The van der Waals surface area contributed by atoms with Gasteiger partial charge >= 0.3 is 0 Å². The van der Waals surface area contributed by atoms with E-state index in [2.05, 4.69) is 11.4 Å². The highest BCUT2D eigenvalue weighted by Crippen LogP contribution is 2.28. The van der Waals surface area contributed by atoms with E-state index in [0.717, 1.165) is 19.3 Å². The number of nitrogens with two attached hydrogens (primary N) is 1. The van der Waals surface area contributed by atoms with E-state index in [-0.39, 0.29) is 11.9 Å². The molecule has 0 saturated carbocycles. The number of carbonyl (C=O) groups excluding carboxylic acids is 1. The second-order valence-electron chi connectivity index (χ2n) is 4.30. The summed E-state index contributed by atoms with van der Waals surface area (Å²) in [4.78, 5) is 11.5. The van der Waals surface area contributed by atoms with Crippen molar-refractivity contribution in [2.45, 2.75) is 38.8 Å². The molecular formula is C12H19N3O. The highest BCUT2D eigenvalue weighted by atomic mass is 16.1. The third-order valence-electron chi connectivity index (χ3n) is 3.13. The average Bonchev–Trinajstić information content (AvgIpc) is 2.64. The van der Waals surface area contributed by atoms with Gasteiger partial charge in [-0.25, -0.2) is 0 Å². The van der Waals surface area contributed by atoms with E-state index in [1.165, 1.54) is 11.3 Å². The van der Waals surface area contributed by atoms with Gasteiger partial charge in [-0.2, -0.15) is 0 Å². The van der Waals surface area contributed by atoms with Crippen molar-refractivity contribution in [1.82, 2.24) is 9.88 Å². The molecule has 1 aliphatic rings. The Bertz CT molecular complexity index is 384. The van der Waals surface area contributed by atoms with Crippen molar-refractivity contribution in [3.05, 3.63) is 23.5 Å². The van der Waals surface area contributed by atoms with Crippen LogP contribution in [-0.2, 0) is 17.8 Å². The topological polar surface area (TPSA) is 60.0 Å². The monoisotopic (exact) mass is 221 g/mol. The van der Waals surface area contributed by atoms with Gasteiger partial charge in [0.2, 0.25) is 5.91 Å². The van der Waals surface area contributed by atoms with Gasteiger partial charge in [0.25, 0.3) is 0 Å². The lowest BCUT2D eigenvalue weighted by Gasteiger charge is -2.20. The van der Waals surface area contributed by atoms with Gasteiger partial charge in [-0.1, -0.05) is 0 Å². The summed E-state index contributed by atoms with van der Waals surface area (Å²) in [5.74, 6) is 0.0695. The van der Waals surface area contributed by atoms with E-state index >= 15 is 0 Å². The van der Waals surface area contributed by atoms with E-state index in [9.17, 15) is 4.79 Å². The van der Waals surface area contributed by atoms with Gasteiger partial charge in [-0.15, -0.1) is 0 Å². The molecule has 2 rings (SSSR count). The van der Waals surface area contributed by atoms with Crippen LogP contribution in [0.25, 0.3) is 0 Å². The van der Waals surface area contributed by atoms with Crippen molar-refractivity contribution < 1.29 is 4.79 Å². The summed E-state index contributed by atoms with van der Waals surface area (Å²) in [5.41, 5.74) is 8.49. The fourth-order valence-corrected chi connectivity index (χ4v) is 2.35. The second-order valence-corrected chi connectivity index (χ2v) is 4.30. The molecule has 16 heavy (non-hydrogen) atoms. The van der Waals surface area contributed by atoms with Crippen molar-refractivity contribution in [3.63, 3.8) is 0 Å². The molecule has 1 heterocycles. The standard InChI is InChI=1S/C12H19N3O/c1-2-14-12(16)8-15-7-6-9-10(13)4-3-5-11(9)15/h6-7,10H,2-5,8,13H2,1H3,(H,14,16). The van der Waals surface area contributed by atoms with Crippen LogP contribution in [0.15, 0.2) is 12.3 Å². The highest BCUT2D eigenvalue weighted by molar-refractivity contribution is 5.75. The zero-order valence-electron chi connectivity index (χ0n) is 9.70. The predicted molar refractivity (Wildman–Crippen MR) is 63.0 cm³/mol. The molecule has 0 radical (unpaired) electrons. The third kappa shape index (κ3) is 2.11. The van der Waals surface area contributed by atoms with Gasteiger partial charge in [0.1, 0.15) is 6.54 Å². The van der Waals surface area contributed by atoms with Crippen LogP contribution in [-0.4, -0.2) is 17.0 Å². The fraction of sp³-hybridized carbons (Fsp3) is 0.583. The van der Waals surface area contributed by atoms with E-state index < -0.39 is 0 Å². The first-order valence-corrected chi connectivity index (χ1v) is 5.92. The number of carbonyl (C=O) groups is 1. The summed E-state index contributed by atoms with van der Waals surface area (Å²) >= 11 is 0. The molecule has 0 aliphatic heterocycles. The smallest absolute Gasteiger partial charge is 0.239 e. The lowest BCUT2D eigenvalue weighted by atomic mass is 9.94. The zero-order valence-corrected chi connectivity index (χ0v) is 9.70. The molecule has 0 bridgehead atoms. The maximum absolute atomic E-state index is 11.5. The summed E-state index contributed by atoms with van der Waals surface area (Å²) in [6.45, 7) is 3.02. The Kier molecular flexibility index (Phi) is 3.29. The first kappa shape index (κ1) is 11.2. The quantitative estimate of drug-likeness (QED) is 0.798. The molecule has 0 fully saturated rings. The zero-order chi connectivity index (χ0) is 11.5. The van der Waals surface area contributed by atoms with Crippen LogP contribution >= 0.6 is 0 Å². The maximum Gasteiger partial charge on any atom is 0.239 e. The largest absolute Gasteiger partial charge is 0.355 e. The third-order valence-corrected chi connectivity index (χ3v) is 3.13. The number of nitrogens with zero attached hydrogens (tertiary/aromatic N) is 1. The number of likely N-dealkylation sites (N-methyl/N-ethyl adjacent to an activating group) is 1. The molecule has 4 nitrogen and oxygen atoms in total. The molecule has 0 aromatic carbocycles. The Balaban J connectivity index is 2.14. The number of fused-ring (bicyclic) bond motifs is 1. The van der Waals surface area contributed by atoms with Crippen LogP contribution < -0.4 is 11.1 Å². The molecule has 1 aliphatic carbocycles. The molecule has 0 saturated heterocycles. The molecule has 1 unspecified atom stereocenters. The van der Waals surface area contributed by atoms with Crippen LogP contribution in [0.2, 0.25) is 0 Å². The van der Waals surface area contributed by atoms with E-state index in [4.69, 9.17) is 5.73 Å². The van der Waals surface area contributed by atoms with E-state index in [1.807, 2.05) is 17.7 Å². The van der Waals surface area contributed by atoms with E-state index in [0.29, 0.717) is 13.1 Å². The fourth-order valence-electron chi connectivity index (χ4n) is 2.35. The summed E-state index contributed by atoms with van der Waals surface area (Å²) in [6, 6.07) is 2.21. The molecule has 3 N–H and O–H groups in total. The predicted octanol–water partition coefficient (Wildman–Crippen LogP) is 0.960. The summed E-state index contributed by atoms with van der Waals surface area (Å²) in [5, 5.41) is 2.81. The van der Waals surface area contributed by atoms with Crippen LogP contribution in [0.3, 0.4) is 0 Å². The minimum absolute atomic E-state index is 0.0695. The molecule has 4 heteroatoms. The van der Waals surface area contributed by atoms with Crippen LogP contribution in [0, 0.1) is 0 Å². The Morgan fingerprint density at radius 3 is 3.25 bits per heavy atom.